The number of rotatable bonds is 3. The van der Waals surface area contributed by atoms with E-state index in [0.29, 0.717) is 11.1 Å². The van der Waals surface area contributed by atoms with Crippen molar-refractivity contribution in [2.24, 2.45) is 0 Å². The van der Waals surface area contributed by atoms with Gasteiger partial charge in [-0.15, -0.1) is 0 Å². The smallest absolute Gasteiger partial charge is 0.216 e. The molecule has 0 saturated carbocycles. The van der Waals surface area contributed by atoms with E-state index in [1.807, 2.05) is 6.07 Å². The summed E-state index contributed by atoms with van der Waals surface area (Å²) in [5.74, 6) is 0. The molecule has 0 spiro atoms. The van der Waals surface area contributed by atoms with E-state index in [0.717, 1.165) is 6.08 Å². The molecule has 2 rings (SSSR count). The summed E-state index contributed by atoms with van der Waals surface area (Å²) in [7, 11) is -4.12. The normalized spacial score (nSPS) is 11.9. The van der Waals surface area contributed by atoms with Crippen molar-refractivity contribution < 1.29 is 12.8 Å². The molecule has 0 amide bonds. The molecular formula is C15H10FNO2S. The van der Waals surface area contributed by atoms with E-state index in [4.69, 9.17) is 5.26 Å². The van der Waals surface area contributed by atoms with E-state index < -0.39 is 15.0 Å². The molecule has 20 heavy (non-hydrogen) atoms. The van der Waals surface area contributed by atoms with Gasteiger partial charge < -0.3 is 0 Å². The quantitative estimate of drug-likeness (QED) is 0.870. The number of hydrogen-bond acceptors (Lipinski definition) is 3. The molecule has 3 nitrogen and oxygen atoms in total. The Balaban J connectivity index is 2.37. The van der Waals surface area contributed by atoms with E-state index >= 15 is 0 Å². The van der Waals surface area contributed by atoms with Crippen LogP contribution in [-0.2, 0) is 9.84 Å². The van der Waals surface area contributed by atoms with Gasteiger partial charge in [0.05, 0.1) is 16.5 Å². The fourth-order valence-electron chi connectivity index (χ4n) is 1.57. The van der Waals surface area contributed by atoms with E-state index in [9.17, 15) is 12.8 Å². The third-order valence-corrected chi connectivity index (χ3v) is 4.15. The zero-order chi connectivity index (χ0) is 14.6. The summed E-state index contributed by atoms with van der Waals surface area (Å²) in [5, 5.41) is 7.42. The first-order valence-electron chi connectivity index (χ1n) is 5.71. The average Bonchev–Trinajstić information content (AvgIpc) is 2.49. The van der Waals surface area contributed by atoms with E-state index in [1.165, 1.54) is 48.5 Å². The summed E-state index contributed by atoms with van der Waals surface area (Å²) in [5.41, 5.74) is 0.800. The second-order valence-electron chi connectivity index (χ2n) is 4.00. The lowest BCUT2D eigenvalue weighted by atomic mass is 10.1. The molecule has 0 unspecified atom stereocenters. The molecule has 0 aliphatic carbocycles. The molecule has 0 saturated heterocycles. The van der Waals surface area contributed by atoms with Crippen molar-refractivity contribution in [3.05, 3.63) is 70.9 Å². The lowest BCUT2D eigenvalue weighted by molar-refractivity contribution is 0.579. The molecule has 100 valence electrons. The fraction of sp³-hybridized carbons (Fsp3) is 0. The van der Waals surface area contributed by atoms with Gasteiger partial charge in [0.25, 0.3) is 0 Å². The fourth-order valence-corrected chi connectivity index (χ4v) is 2.61. The van der Waals surface area contributed by atoms with Crippen molar-refractivity contribution in [1.29, 1.82) is 5.26 Å². The predicted octanol–water partition coefficient (Wildman–Crippen LogP) is 3.30. The molecule has 0 heterocycles. The minimum absolute atomic E-state index is 0.0950. The molecule has 2 aromatic carbocycles. The molecule has 0 atom stereocenters. The zero-order valence-corrected chi connectivity index (χ0v) is 11.1. The minimum Gasteiger partial charge on any atom is -0.216 e. The predicted molar refractivity (Wildman–Crippen MR) is 73.9 cm³/mol. The van der Waals surface area contributed by atoms with Gasteiger partial charge in [-0.25, -0.2) is 8.42 Å². The van der Waals surface area contributed by atoms with Crippen molar-refractivity contribution in [2.45, 2.75) is 4.90 Å². The van der Waals surface area contributed by atoms with Crippen LogP contribution in [0.2, 0.25) is 0 Å². The third kappa shape index (κ3) is 2.92. The van der Waals surface area contributed by atoms with Crippen LogP contribution in [0.15, 0.2) is 64.7 Å². The van der Waals surface area contributed by atoms with Crippen LogP contribution in [0.4, 0.5) is 4.39 Å². The topological polar surface area (TPSA) is 57.9 Å². The van der Waals surface area contributed by atoms with Gasteiger partial charge >= 0.3 is 0 Å². The second kappa shape index (κ2) is 5.68. The maximum Gasteiger partial charge on any atom is 0.233 e. The standard InChI is InChI=1S/C15H10FNO2S/c16-15(10-12-6-8-13(11-17)9-7-12)20(18,19)14-4-2-1-3-5-14/h1-10H. The van der Waals surface area contributed by atoms with E-state index in [-0.39, 0.29) is 4.90 Å². The van der Waals surface area contributed by atoms with Crippen LogP contribution in [0.1, 0.15) is 11.1 Å². The Kier molecular flexibility index (Phi) is 3.97. The van der Waals surface area contributed by atoms with Gasteiger partial charge in [-0.1, -0.05) is 30.3 Å². The number of benzene rings is 2. The summed E-state index contributed by atoms with van der Waals surface area (Å²) in [6, 6.07) is 15.3. The Morgan fingerprint density at radius 3 is 2.20 bits per heavy atom. The number of hydrogen-bond donors (Lipinski definition) is 0. The van der Waals surface area contributed by atoms with Crippen LogP contribution in [0.5, 0.6) is 0 Å². The van der Waals surface area contributed by atoms with Crippen LogP contribution in [0.3, 0.4) is 0 Å². The molecule has 0 N–H and O–H groups in total. The molecule has 2 aromatic rings. The lowest BCUT2D eigenvalue weighted by Crippen LogP contribution is -2.00. The maximum absolute atomic E-state index is 13.9. The van der Waals surface area contributed by atoms with Crippen LogP contribution < -0.4 is 0 Å². The highest BCUT2D eigenvalue weighted by Crippen LogP contribution is 2.22. The van der Waals surface area contributed by atoms with Gasteiger partial charge in [-0.3, -0.25) is 0 Å². The van der Waals surface area contributed by atoms with Crippen molar-refractivity contribution in [1.82, 2.24) is 0 Å². The monoisotopic (exact) mass is 287 g/mol. The van der Waals surface area contributed by atoms with Crippen LogP contribution in [-0.4, -0.2) is 8.42 Å². The Labute approximate surface area is 116 Å². The molecule has 0 aliphatic heterocycles. The molecule has 0 fully saturated rings. The summed E-state index contributed by atoms with van der Waals surface area (Å²) in [6.07, 6.45) is 0.934. The number of nitrogens with zero attached hydrogens (tertiary/aromatic N) is 1. The number of nitriles is 1. The van der Waals surface area contributed by atoms with E-state index in [1.54, 1.807) is 6.07 Å². The van der Waals surface area contributed by atoms with Gasteiger partial charge in [-0.2, -0.15) is 9.65 Å². The molecular weight excluding hydrogens is 277 g/mol. The molecule has 0 aromatic heterocycles. The van der Waals surface area contributed by atoms with Crippen molar-refractivity contribution in [2.75, 3.05) is 0 Å². The Morgan fingerprint density at radius 2 is 1.65 bits per heavy atom. The lowest BCUT2D eigenvalue weighted by Gasteiger charge is -2.01. The first-order valence-corrected chi connectivity index (χ1v) is 7.20. The first-order chi connectivity index (χ1) is 9.54. The maximum atomic E-state index is 13.9. The summed E-state index contributed by atoms with van der Waals surface area (Å²) >= 11 is 0. The Bertz CT molecular complexity index is 773. The highest BCUT2D eigenvalue weighted by molar-refractivity contribution is 7.95. The van der Waals surface area contributed by atoms with Crippen molar-refractivity contribution >= 4 is 15.9 Å². The average molecular weight is 287 g/mol. The molecule has 0 radical (unpaired) electrons. The summed E-state index contributed by atoms with van der Waals surface area (Å²) in [4.78, 5) is -0.0950. The van der Waals surface area contributed by atoms with Crippen LogP contribution in [0.25, 0.3) is 6.08 Å². The largest absolute Gasteiger partial charge is 0.233 e. The van der Waals surface area contributed by atoms with Gasteiger partial charge in [0.2, 0.25) is 15.0 Å². The molecule has 0 bridgehead atoms. The highest BCUT2D eigenvalue weighted by Gasteiger charge is 2.20. The Hall–Kier alpha value is -2.45. The van der Waals surface area contributed by atoms with Gasteiger partial charge in [0.1, 0.15) is 0 Å². The van der Waals surface area contributed by atoms with Gasteiger partial charge in [-0.05, 0) is 35.9 Å². The van der Waals surface area contributed by atoms with Crippen molar-refractivity contribution in [3.63, 3.8) is 0 Å². The molecule has 0 aliphatic rings. The van der Waals surface area contributed by atoms with Gasteiger partial charge in [0.15, 0.2) is 0 Å². The zero-order valence-electron chi connectivity index (χ0n) is 10.3. The van der Waals surface area contributed by atoms with Crippen LogP contribution >= 0.6 is 0 Å². The SMILES string of the molecule is N#Cc1ccc(C=C(F)S(=O)(=O)c2ccccc2)cc1. The highest BCUT2D eigenvalue weighted by atomic mass is 32.2. The number of sulfone groups is 1. The third-order valence-electron chi connectivity index (χ3n) is 2.63. The van der Waals surface area contributed by atoms with Gasteiger partial charge in [0, 0.05) is 0 Å². The Morgan fingerprint density at radius 1 is 1.05 bits per heavy atom. The van der Waals surface area contributed by atoms with E-state index in [2.05, 4.69) is 0 Å². The second-order valence-corrected chi connectivity index (χ2v) is 5.87. The molecule has 5 heteroatoms. The minimum atomic E-state index is -4.12. The first kappa shape index (κ1) is 14.0. The summed E-state index contributed by atoms with van der Waals surface area (Å²) in [6.45, 7) is 0. The van der Waals surface area contributed by atoms with Crippen LogP contribution in [0, 0.1) is 11.3 Å². The van der Waals surface area contributed by atoms with Crippen molar-refractivity contribution in [3.8, 4) is 6.07 Å². The number of halogens is 1. The summed E-state index contributed by atoms with van der Waals surface area (Å²) < 4.78 is 37.9.